The molecule has 3 heterocycles. The highest BCUT2D eigenvalue weighted by Gasteiger charge is 2.21. The van der Waals surface area contributed by atoms with Crippen molar-refractivity contribution in [1.29, 1.82) is 0 Å². The number of benzene rings is 2. The van der Waals surface area contributed by atoms with Gasteiger partial charge in [-0.1, -0.05) is 29.8 Å². The first-order valence-corrected chi connectivity index (χ1v) is 11.5. The number of furan rings is 1. The van der Waals surface area contributed by atoms with E-state index in [4.69, 9.17) is 9.15 Å². The standard InChI is InChI=1S/C27H29N3O3/c1-18-4-3-5-20(12-18)17-30-10-8-19(9-11-30)16-28-26(31)25-14-22-13-21-6-7-23(32-2)15-24(21)29-27(22)33-25/h3-7,12-15,19H,8-11,16-17H2,1-2H3,(H,28,31). The molecule has 4 aromatic rings. The lowest BCUT2D eigenvalue weighted by atomic mass is 9.96. The van der Waals surface area contributed by atoms with Crippen molar-refractivity contribution in [2.24, 2.45) is 5.92 Å². The van der Waals surface area contributed by atoms with E-state index in [-0.39, 0.29) is 5.91 Å². The first-order chi connectivity index (χ1) is 16.1. The Morgan fingerprint density at radius 1 is 1.12 bits per heavy atom. The zero-order valence-electron chi connectivity index (χ0n) is 19.1. The molecule has 1 aliphatic rings. The molecule has 0 radical (unpaired) electrons. The minimum Gasteiger partial charge on any atom is -0.497 e. The Morgan fingerprint density at radius 3 is 2.76 bits per heavy atom. The first kappa shape index (κ1) is 21.5. The lowest BCUT2D eigenvalue weighted by molar-refractivity contribution is 0.0909. The summed E-state index contributed by atoms with van der Waals surface area (Å²) in [7, 11) is 1.63. The van der Waals surface area contributed by atoms with Crippen molar-refractivity contribution in [3.8, 4) is 5.75 Å². The predicted octanol–water partition coefficient (Wildman–Crippen LogP) is 4.94. The number of carbonyl (C=O) groups excluding carboxylic acids is 1. The van der Waals surface area contributed by atoms with Crippen molar-refractivity contribution in [3.05, 3.63) is 71.5 Å². The molecule has 0 unspecified atom stereocenters. The van der Waals surface area contributed by atoms with Crippen LogP contribution in [0.3, 0.4) is 0 Å². The maximum Gasteiger partial charge on any atom is 0.287 e. The van der Waals surface area contributed by atoms with Crippen molar-refractivity contribution in [1.82, 2.24) is 15.2 Å². The summed E-state index contributed by atoms with van der Waals surface area (Å²) < 4.78 is 11.0. The third-order valence-corrected chi connectivity index (χ3v) is 6.48. The number of aromatic nitrogens is 1. The topological polar surface area (TPSA) is 67.6 Å². The fourth-order valence-corrected chi connectivity index (χ4v) is 4.59. The number of hydrogen-bond acceptors (Lipinski definition) is 5. The van der Waals surface area contributed by atoms with E-state index in [1.165, 1.54) is 11.1 Å². The Labute approximate surface area is 193 Å². The normalized spacial score (nSPS) is 15.2. The van der Waals surface area contributed by atoms with Gasteiger partial charge in [-0.3, -0.25) is 9.69 Å². The summed E-state index contributed by atoms with van der Waals surface area (Å²) in [5.41, 5.74) is 3.91. The summed E-state index contributed by atoms with van der Waals surface area (Å²) in [6.45, 7) is 5.90. The van der Waals surface area contributed by atoms with Gasteiger partial charge >= 0.3 is 0 Å². The molecule has 2 aromatic heterocycles. The smallest absolute Gasteiger partial charge is 0.287 e. The summed E-state index contributed by atoms with van der Waals surface area (Å²) in [5, 5.41) is 4.86. The molecule has 1 aliphatic heterocycles. The van der Waals surface area contributed by atoms with E-state index in [9.17, 15) is 4.79 Å². The molecular formula is C27H29N3O3. The number of ether oxygens (including phenoxy) is 1. The molecule has 0 saturated carbocycles. The van der Waals surface area contributed by atoms with Gasteiger partial charge in [0.1, 0.15) is 5.75 Å². The summed E-state index contributed by atoms with van der Waals surface area (Å²) in [4.78, 5) is 19.8. The van der Waals surface area contributed by atoms with E-state index < -0.39 is 0 Å². The highest BCUT2D eigenvalue weighted by Crippen LogP contribution is 2.26. The molecular weight excluding hydrogens is 414 g/mol. The molecule has 0 bridgehead atoms. The van der Waals surface area contributed by atoms with Crippen LogP contribution >= 0.6 is 0 Å². The number of likely N-dealkylation sites (tertiary alicyclic amines) is 1. The highest BCUT2D eigenvalue weighted by atomic mass is 16.5. The third kappa shape index (κ3) is 4.86. The average molecular weight is 444 g/mol. The van der Waals surface area contributed by atoms with E-state index >= 15 is 0 Å². The molecule has 0 aliphatic carbocycles. The fourth-order valence-electron chi connectivity index (χ4n) is 4.59. The van der Waals surface area contributed by atoms with Crippen molar-refractivity contribution in [3.63, 3.8) is 0 Å². The van der Waals surface area contributed by atoms with Crippen molar-refractivity contribution < 1.29 is 13.9 Å². The number of carbonyl (C=O) groups is 1. The molecule has 170 valence electrons. The number of methoxy groups -OCH3 is 1. The zero-order valence-corrected chi connectivity index (χ0v) is 19.1. The summed E-state index contributed by atoms with van der Waals surface area (Å²) in [6, 6.07) is 18.2. The average Bonchev–Trinajstić information content (AvgIpc) is 3.24. The van der Waals surface area contributed by atoms with Gasteiger partial charge < -0.3 is 14.5 Å². The molecule has 33 heavy (non-hydrogen) atoms. The van der Waals surface area contributed by atoms with Crippen LogP contribution in [0.5, 0.6) is 5.75 Å². The largest absolute Gasteiger partial charge is 0.497 e. The molecule has 6 nitrogen and oxygen atoms in total. The van der Waals surface area contributed by atoms with Gasteiger partial charge in [0.05, 0.1) is 12.6 Å². The third-order valence-electron chi connectivity index (χ3n) is 6.48. The Bertz CT molecular complexity index is 1290. The number of amides is 1. The summed E-state index contributed by atoms with van der Waals surface area (Å²) in [6.07, 6.45) is 2.17. The number of nitrogens with one attached hydrogen (secondary N) is 1. The number of rotatable bonds is 6. The second-order valence-corrected chi connectivity index (χ2v) is 8.97. The van der Waals surface area contributed by atoms with Gasteiger partial charge in [-0.25, -0.2) is 4.98 Å². The highest BCUT2D eigenvalue weighted by molar-refractivity contribution is 5.98. The van der Waals surface area contributed by atoms with Crippen LogP contribution in [-0.2, 0) is 6.54 Å². The van der Waals surface area contributed by atoms with Crippen molar-refractivity contribution >= 4 is 27.9 Å². The first-order valence-electron chi connectivity index (χ1n) is 11.5. The van der Waals surface area contributed by atoms with Crippen LogP contribution in [0, 0.1) is 12.8 Å². The zero-order chi connectivity index (χ0) is 22.8. The predicted molar refractivity (Wildman–Crippen MR) is 130 cm³/mol. The maximum absolute atomic E-state index is 12.7. The molecule has 1 saturated heterocycles. The van der Waals surface area contributed by atoms with Crippen LogP contribution in [0.4, 0.5) is 0 Å². The molecule has 1 fully saturated rings. The van der Waals surface area contributed by atoms with Gasteiger partial charge in [0, 0.05) is 29.9 Å². The van der Waals surface area contributed by atoms with Gasteiger partial charge in [0.25, 0.3) is 5.91 Å². The lowest BCUT2D eigenvalue weighted by Crippen LogP contribution is -2.38. The lowest BCUT2D eigenvalue weighted by Gasteiger charge is -2.32. The molecule has 0 spiro atoms. The van der Waals surface area contributed by atoms with E-state index in [1.54, 1.807) is 13.2 Å². The van der Waals surface area contributed by atoms with E-state index in [0.29, 0.717) is 23.9 Å². The monoisotopic (exact) mass is 443 g/mol. The number of pyridine rings is 1. The number of nitrogens with zero attached hydrogens (tertiary/aromatic N) is 2. The Kier molecular flexibility index (Phi) is 6.01. The Hall–Kier alpha value is -3.38. The van der Waals surface area contributed by atoms with Gasteiger partial charge in [0.15, 0.2) is 5.76 Å². The molecule has 5 rings (SSSR count). The number of aryl methyl sites for hydroxylation is 1. The molecule has 2 aromatic carbocycles. The minimum atomic E-state index is -0.183. The Morgan fingerprint density at radius 2 is 1.97 bits per heavy atom. The second-order valence-electron chi connectivity index (χ2n) is 8.97. The van der Waals surface area contributed by atoms with E-state index in [0.717, 1.165) is 54.5 Å². The van der Waals surface area contributed by atoms with Crippen LogP contribution in [0.25, 0.3) is 22.0 Å². The van der Waals surface area contributed by atoms with Crippen LogP contribution in [-0.4, -0.2) is 42.5 Å². The van der Waals surface area contributed by atoms with Crippen molar-refractivity contribution in [2.45, 2.75) is 26.3 Å². The minimum absolute atomic E-state index is 0.183. The molecule has 1 amide bonds. The van der Waals surface area contributed by atoms with Gasteiger partial charge in [-0.15, -0.1) is 0 Å². The summed E-state index contributed by atoms with van der Waals surface area (Å²) >= 11 is 0. The van der Waals surface area contributed by atoms with Gasteiger partial charge in [-0.2, -0.15) is 0 Å². The molecule has 1 N–H and O–H groups in total. The molecule has 0 atom stereocenters. The van der Waals surface area contributed by atoms with Crippen LogP contribution in [0.2, 0.25) is 0 Å². The quantitative estimate of drug-likeness (QED) is 0.457. The van der Waals surface area contributed by atoms with Gasteiger partial charge in [-0.05, 0) is 68.6 Å². The number of fused-ring (bicyclic) bond motifs is 2. The van der Waals surface area contributed by atoms with E-state index in [1.807, 2.05) is 24.3 Å². The van der Waals surface area contributed by atoms with E-state index in [2.05, 4.69) is 46.4 Å². The van der Waals surface area contributed by atoms with Crippen LogP contribution in [0.1, 0.15) is 34.5 Å². The number of hydrogen-bond donors (Lipinski definition) is 1. The Balaban J connectivity index is 1.17. The van der Waals surface area contributed by atoms with Crippen LogP contribution < -0.4 is 10.1 Å². The second kappa shape index (κ2) is 9.24. The van der Waals surface area contributed by atoms with Gasteiger partial charge in [0.2, 0.25) is 5.71 Å². The fraction of sp³-hybridized carbons (Fsp3) is 0.333. The summed E-state index contributed by atoms with van der Waals surface area (Å²) in [5.74, 6) is 1.34. The molecule has 6 heteroatoms. The maximum atomic E-state index is 12.7. The number of piperidine rings is 1. The van der Waals surface area contributed by atoms with Crippen LogP contribution in [0.15, 0.2) is 59.0 Å². The van der Waals surface area contributed by atoms with Crippen molar-refractivity contribution in [2.75, 3.05) is 26.7 Å². The SMILES string of the molecule is COc1ccc2cc3cc(C(=O)NCC4CCN(Cc5cccc(C)c5)CC4)oc3nc2c1.